The minimum absolute atomic E-state index is 0.0171. The van der Waals surface area contributed by atoms with Gasteiger partial charge in [-0.2, -0.15) is 0 Å². The van der Waals surface area contributed by atoms with Gasteiger partial charge in [0.2, 0.25) is 11.8 Å². The monoisotopic (exact) mass is 466 g/mol. The predicted molar refractivity (Wildman–Crippen MR) is 130 cm³/mol. The Balaban J connectivity index is 1.23. The molecule has 0 unspecified atom stereocenters. The second kappa shape index (κ2) is 11.8. The molecule has 7 nitrogen and oxygen atoms in total. The van der Waals surface area contributed by atoms with Crippen molar-refractivity contribution in [3.63, 3.8) is 0 Å². The zero-order chi connectivity index (χ0) is 23.8. The lowest BCUT2D eigenvalue weighted by Gasteiger charge is -2.31. The van der Waals surface area contributed by atoms with E-state index in [0.717, 1.165) is 18.6 Å². The van der Waals surface area contributed by atoms with Crippen molar-refractivity contribution in [2.24, 2.45) is 5.92 Å². The molecule has 1 N–H and O–H groups in total. The molecule has 4 rings (SSSR count). The molecule has 0 spiro atoms. The molecule has 34 heavy (non-hydrogen) atoms. The van der Waals surface area contributed by atoms with Gasteiger partial charge in [-0.1, -0.05) is 18.2 Å². The van der Waals surface area contributed by atoms with Crippen molar-refractivity contribution < 1.29 is 23.8 Å². The largest absolute Gasteiger partial charge is 0.493 e. The Morgan fingerprint density at radius 2 is 1.71 bits per heavy atom. The van der Waals surface area contributed by atoms with Crippen LogP contribution in [0.5, 0.6) is 17.2 Å². The van der Waals surface area contributed by atoms with Crippen LogP contribution in [0.1, 0.15) is 44.9 Å². The summed E-state index contributed by atoms with van der Waals surface area (Å²) in [6.45, 7) is 1.52. The fraction of sp³-hybridized carbons (Fsp3) is 0.481. The molecule has 0 aromatic heterocycles. The van der Waals surface area contributed by atoms with Crippen LogP contribution >= 0.6 is 0 Å². The molecule has 182 valence electrons. The second-order valence-electron chi connectivity index (χ2n) is 8.95. The molecule has 1 aliphatic heterocycles. The number of likely N-dealkylation sites (tertiary alicyclic amines) is 1. The van der Waals surface area contributed by atoms with Gasteiger partial charge in [-0.05, 0) is 62.8 Å². The average molecular weight is 467 g/mol. The van der Waals surface area contributed by atoms with Gasteiger partial charge in [-0.15, -0.1) is 0 Å². The summed E-state index contributed by atoms with van der Waals surface area (Å²) in [4.78, 5) is 27.2. The summed E-state index contributed by atoms with van der Waals surface area (Å²) in [5.74, 6) is 2.04. The maximum absolute atomic E-state index is 12.9. The van der Waals surface area contributed by atoms with E-state index in [1.807, 2.05) is 53.4 Å². The van der Waals surface area contributed by atoms with E-state index in [-0.39, 0.29) is 23.8 Å². The number of nitrogens with one attached hydrogen (secondary N) is 1. The van der Waals surface area contributed by atoms with Crippen LogP contribution in [-0.2, 0) is 9.59 Å². The van der Waals surface area contributed by atoms with Crippen LogP contribution < -0.4 is 19.5 Å². The van der Waals surface area contributed by atoms with Gasteiger partial charge in [0.05, 0.1) is 26.2 Å². The second-order valence-corrected chi connectivity index (χ2v) is 8.95. The van der Waals surface area contributed by atoms with Gasteiger partial charge in [0.1, 0.15) is 5.75 Å². The lowest BCUT2D eigenvalue weighted by molar-refractivity contribution is -0.135. The summed E-state index contributed by atoms with van der Waals surface area (Å²) in [6.07, 6.45) is 6.32. The summed E-state index contributed by atoms with van der Waals surface area (Å²) in [6, 6.07) is 15.0. The Morgan fingerprint density at radius 1 is 0.971 bits per heavy atom. The van der Waals surface area contributed by atoms with Gasteiger partial charge in [0.15, 0.2) is 11.5 Å². The molecule has 1 saturated carbocycles. The summed E-state index contributed by atoms with van der Waals surface area (Å²) in [5, 5.41) is 3.03. The lowest BCUT2D eigenvalue weighted by atomic mass is 9.95. The van der Waals surface area contributed by atoms with E-state index in [4.69, 9.17) is 14.2 Å². The molecule has 2 aromatic rings. The number of para-hydroxylation sites is 1. The van der Waals surface area contributed by atoms with E-state index in [0.29, 0.717) is 56.1 Å². The molecule has 1 aliphatic carbocycles. The highest BCUT2D eigenvalue weighted by atomic mass is 16.5. The fourth-order valence-electron chi connectivity index (χ4n) is 4.60. The number of nitrogens with zero attached hydrogens (tertiary/aromatic N) is 1. The van der Waals surface area contributed by atoms with E-state index in [2.05, 4.69) is 5.32 Å². The maximum atomic E-state index is 12.9. The molecule has 1 heterocycles. The third kappa shape index (κ3) is 6.43. The van der Waals surface area contributed by atoms with E-state index in [1.54, 1.807) is 7.11 Å². The number of carbonyl (C=O) groups is 2. The van der Waals surface area contributed by atoms with Gasteiger partial charge in [0, 0.05) is 30.8 Å². The first-order valence-electron chi connectivity index (χ1n) is 12.2. The van der Waals surface area contributed by atoms with E-state index < -0.39 is 0 Å². The van der Waals surface area contributed by atoms with E-state index in [1.165, 1.54) is 12.8 Å². The first-order chi connectivity index (χ1) is 16.6. The molecule has 1 saturated heterocycles. The number of amides is 2. The number of anilines is 1. The van der Waals surface area contributed by atoms with Crippen molar-refractivity contribution >= 4 is 17.5 Å². The van der Waals surface area contributed by atoms with Crippen molar-refractivity contribution in [2.45, 2.75) is 51.0 Å². The third-order valence-electron chi connectivity index (χ3n) is 6.57. The molecular weight excluding hydrogens is 432 g/mol. The number of rotatable bonds is 9. The number of hydrogen-bond donors (Lipinski definition) is 1. The van der Waals surface area contributed by atoms with Crippen LogP contribution in [0.2, 0.25) is 0 Å². The molecule has 2 aromatic carbocycles. The van der Waals surface area contributed by atoms with Crippen molar-refractivity contribution in [2.75, 3.05) is 32.1 Å². The van der Waals surface area contributed by atoms with Crippen LogP contribution in [0.25, 0.3) is 0 Å². The predicted octanol–water partition coefficient (Wildman–Crippen LogP) is 4.66. The number of piperidine rings is 1. The van der Waals surface area contributed by atoms with Gasteiger partial charge >= 0.3 is 0 Å². The van der Waals surface area contributed by atoms with Crippen LogP contribution in [-0.4, -0.2) is 49.6 Å². The van der Waals surface area contributed by atoms with Crippen molar-refractivity contribution in [3.05, 3.63) is 48.5 Å². The third-order valence-corrected chi connectivity index (χ3v) is 6.57. The van der Waals surface area contributed by atoms with Crippen LogP contribution in [0.3, 0.4) is 0 Å². The first-order valence-corrected chi connectivity index (χ1v) is 12.2. The Morgan fingerprint density at radius 3 is 2.41 bits per heavy atom. The van der Waals surface area contributed by atoms with Crippen molar-refractivity contribution in [1.29, 1.82) is 0 Å². The molecular formula is C27H34N2O5. The molecule has 2 fully saturated rings. The fourth-order valence-corrected chi connectivity index (χ4v) is 4.60. The smallest absolute Gasteiger partial charge is 0.227 e. The molecule has 0 radical (unpaired) electrons. The summed E-state index contributed by atoms with van der Waals surface area (Å²) in [5.41, 5.74) is 0.704. The quantitative estimate of drug-likeness (QED) is 0.582. The van der Waals surface area contributed by atoms with Gasteiger partial charge in [0.25, 0.3) is 0 Å². The Bertz CT molecular complexity index is 951. The highest BCUT2D eigenvalue weighted by Gasteiger charge is 2.27. The number of hydrogen-bond acceptors (Lipinski definition) is 5. The van der Waals surface area contributed by atoms with Crippen molar-refractivity contribution in [1.82, 2.24) is 4.90 Å². The highest BCUT2D eigenvalue weighted by molar-refractivity contribution is 5.93. The van der Waals surface area contributed by atoms with Crippen molar-refractivity contribution in [3.8, 4) is 17.2 Å². The Hall–Kier alpha value is -3.22. The maximum Gasteiger partial charge on any atom is 0.227 e. The first kappa shape index (κ1) is 23.9. The number of ether oxygens (including phenoxy) is 3. The number of methoxy groups -OCH3 is 1. The summed E-state index contributed by atoms with van der Waals surface area (Å²) in [7, 11) is 1.62. The van der Waals surface area contributed by atoms with Crippen LogP contribution in [0.4, 0.5) is 5.69 Å². The highest BCUT2D eigenvalue weighted by Crippen LogP contribution is 2.34. The van der Waals surface area contributed by atoms with Crippen LogP contribution in [0, 0.1) is 5.92 Å². The molecule has 0 bridgehead atoms. The van der Waals surface area contributed by atoms with E-state index in [9.17, 15) is 9.59 Å². The minimum atomic E-state index is -0.120. The molecule has 0 atom stereocenters. The van der Waals surface area contributed by atoms with Crippen LogP contribution in [0.15, 0.2) is 48.5 Å². The van der Waals surface area contributed by atoms with Gasteiger partial charge < -0.3 is 24.4 Å². The van der Waals surface area contributed by atoms with Gasteiger partial charge in [-0.3, -0.25) is 9.59 Å². The SMILES string of the molecule is COc1ccc(NC(=O)C2CCN(C(=O)CCOc3ccccc3)CC2)cc1OC1CCCC1. The minimum Gasteiger partial charge on any atom is -0.493 e. The zero-order valence-electron chi connectivity index (χ0n) is 19.8. The standard InChI is InChI=1S/C27H34N2O5/c1-32-24-12-11-21(19-25(24)34-23-9-5-6-10-23)28-27(31)20-13-16-29(17-14-20)26(30)15-18-33-22-7-3-2-4-8-22/h2-4,7-8,11-12,19-20,23H,5-6,9-10,13-18H2,1H3,(H,28,31). The summed E-state index contributed by atoms with van der Waals surface area (Å²) >= 11 is 0. The molecule has 2 amide bonds. The molecule has 2 aliphatic rings. The Labute approximate surface area is 201 Å². The van der Waals surface area contributed by atoms with Gasteiger partial charge in [-0.25, -0.2) is 0 Å². The molecule has 7 heteroatoms. The normalized spacial score (nSPS) is 16.8. The zero-order valence-corrected chi connectivity index (χ0v) is 19.8. The lowest BCUT2D eigenvalue weighted by Crippen LogP contribution is -2.41. The average Bonchev–Trinajstić information content (AvgIpc) is 3.38. The topological polar surface area (TPSA) is 77.1 Å². The van der Waals surface area contributed by atoms with E-state index >= 15 is 0 Å². The summed E-state index contributed by atoms with van der Waals surface area (Å²) < 4.78 is 17.2. The Kier molecular flexibility index (Phi) is 8.28. The number of benzene rings is 2. The number of carbonyl (C=O) groups excluding carboxylic acids is 2.